The molecule has 2 N–H and O–H groups in total. The van der Waals surface area contributed by atoms with Gasteiger partial charge in [-0.3, -0.25) is 0 Å². The van der Waals surface area contributed by atoms with Gasteiger partial charge in [0.2, 0.25) is 0 Å². The number of hydrogen-bond donors (Lipinski definition) is 2. The minimum Gasteiger partial charge on any atom is -0.493 e. The monoisotopic (exact) mass is 1100 g/mol. The zero-order valence-corrected chi connectivity index (χ0v) is 50.0. The molecule has 0 atom stereocenters. The van der Waals surface area contributed by atoms with Crippen molar-refractivity contribution in [1.29, 1.82) is 0 Å². The van der Waals surface area contributed by atoms with Crippen LogP contribution in [0.5, 0.6) is 23.0 Å². The van der Waals surface area contributed by atoms with E-state index in [9.17, 15) is 0 Å². The first-order valence-electron chi connectivity index (χ1n) is 29.3. The molecule has 0 radical (unpaired) electrons. The van der Waals surface area contributed by atoms with Crippen LogP contribution in [0.1, 0.15) is 124 Å². The topological polar surface area (TPSA) is 94.3 Å². The van der Waals surface area contributed by atoms with Crippen LogP contribution in [0.4, 0.5) is 0 Å². The fourth-order valence-corrected chi connectivity index (χ4v) is 12.6. The first-order valence-corrected chi connectivity index (χ1v) is 29.3. The normalized spacial score (nSPS) is 12.4. The molecule has 8 heteroatoms. The summed E-state index contributed by atoms with van der Waals surface area (Å²) in [4.78, 5) is 19.8. The predicted octanol–water partition coefficient (Wildman–Crippen LogP) is 20.5. The van der Waals surface area contributed by atoms with Crippen molar-refractivity contribution in [3.63, 3.8) is 0 Å². The minimum atomic E-state index is 0.342. The second-order valence-electron chi connectivity index (χ2n) is 23.6. The van der Waals surface area contributed by atoms with E-state index < -0.39 is 0 Å². The van der Waals surface area contributed by atoms with E-state index in [0.717, 1.165) is 132 Å². The number of methoxy groups -OCH3 is 4. The lowest BCUT2D eigenvalue weighted by atomic mass is 9.90. The van der Waals surface area contributed by atoms with Crippen LogP contribution in [0.15, 0.2) is 146 Å². The summed E-state index contributed by atoms with van der Waals surface area (Å²) in [7, 11) is 6.75. The van der Waals surface area contributed by atoms with E-state index in [1.165, 1.54) is 22.3 Å². The van der Waals surface area contributed by atoms with Crippen LogP contribution in [0.3, 0.4) is 0 Å². The van der Waals surface area contributed by atoms with Gasteiger partial charge in [0.1, 0.15) is 0 Å². The van der Waals surface area contributed by atoms with E-state index >= 15 is 0 Å². The maximum Gasteiger partial charge on any atom is 0.161 e. The van der Waals surface area contributed by atoms with Crippen LogP contribution in [0.25, 0.3) is 134 Å². The smallest absolute Gasteiger partial charge is 0.161 e. The summed E-state index contributed by atoms with van der Waals surface area (Å²) in [6.45, 7) is 17.9. The lowest BCUT2D eigenvalue weighted by Gasteiger charge is -2.17. The Bertz CT molecular complexity index is 4380. The van der Waals surface area contributed by atoms with Crippen molar-refractivity contribution in [2.24, 2.45) is 0 Å². The van der Waals surface area contributed by atoms with Gasteiger partial charge in [-0.05, 0) is 173 Å². The molecule has 8 aromatic carbocycles. The van der Waals surface area contributed by atoms with E-state index in [1.807, 2.05) is 0 Å². The molecule has 0 unspecified atom stereocenters. The zero-order chi connectivity index (χ0) is 58.2. The number of rotatable bonds is 12. The first kappa shape index (κ1) is 53.9. The predicted molar refractivity (Wildman–Crippen MR) is 353 cm³/mol. The van der Waals surface area contributed by atoms with Gasteiger partial charge >= 0.3 is 0 Å². The van der Waals surface area contributed by atoms with Gasteiger partial charge in [0, 0.05) is 44.1 Å². The minimum absolute atomic E-state index is 0.342. The highest BCUT2D eigenvalue weighted by molar-refractivity contribution is 6.31. The van der Waals surface area contributed by atoms with Crippen LogP contribution >= 0.6 is 0 Å². The second kappa shape index (κ2) is 21.4. The molecule has 13 rings (SSSR count). The summed E-state index contributed by atoms with van der Waals surface area (Å²) in [5, 5.41) is 8.08. The molecular formula is C76H70N4O4. The van der Waals surface area contributed by atoms with E-state index in [2.05, 4.69) is 235 Å². The highest BCUT2D eigenvalue weighted by atomic mass is 16.5. The summed E-state index contributed by atoms with van der Waals surface area (Å²) >= 11 is 0. The Morgan fingerprint density at radius 3 is 0.798 bits per heavy atom. The van der Waals surface area contributed by atoms with E-state index in [0.29, 0.717) is 46.7 Å². The molecule has 0 aliphatic carbocycles. The molecule has 84 heavy (non-hydrogen) atoms. The molecule has 8 nitrogen and oxygen atoms in total. The molecule has 11 aromatic rings. The third-order valence-corrected chi connectivity index (χ3v) is 17.4. The number of hydrogen-bond acceptors (Lipinski definition) is 6. The van der Waals surface area contributed by atoms with Crippen LogP contribution in [-0.4, -0.2) is 48.4 Å². The number of nitrogens with zero attached hydrogens (tertiary/aromatic N) is 2. The SMILES string of the molecule is COc1cc2c3cc(OC)c(OC)cc3c3cc4c5[nH]c(c(-c6ccc(C(C)C)cc6)c6nc(c(-c7ccc(C(C)C)cc7)c7ccc([nH]7)c(-c7ccc(C(C)C)cc7)c7nc(c5-c5ccc(C(C)C)cc5)C=C7)C=C6)c4cc3c2cc1OC. The number of aromatic nitrogens is 4. The Hall–Kier alpha value is -9.40. The van der Waals surface area contributed by atoms with Gasteiger partial charge in [0.05, 0.1) is 62.2 Å². The summed E-state index contributed by atoms with van der Waals surface area (Å²) in [6.07, 6.45) is 8.79. The summed E-state index contributed by atoms with van der Waals surface area (Å²) in [6, 6.07) is 53.7. The van der Waals surface area contributed by atoms with Crippen molar-refractivity contribution in [2.75, 3.05) is 28.4 Å². The molecule has 418 valence electrons. The third kappa shape index (κ3) is 9.16. The first-order chi connectivity index (χ1) is 40.7. The molecule has 3 aromatic heterocycles. The highest BCUT2D eigenvalue weighted by Gasteiger charge is 2.25. The van der Waals surface area contributed by atoms with E-state index in [-0.39, 0.29) is 0 Å². The Morgan fingerprint density at radius 1 is 0.286 bits per heavy atom. The lowest BCUT2D eigenvalue weighted by Crippen LogP contribution is -1.94. The van der Waals surface area contributed by atoms with Gasteiger partial charge in [-0.25, -0.2) is 9.97 Å². The summed E-state index contributed by atoms with van der Waals surface area (Å²) in [5.41, 5.74) is 20.4. The molecule has 0 fully saturated rings. The Labute approximate surface area is 491 Å². The number of H-pyrrole nitrogens is 2. The molecule has 0 saturated heterocycles. The molecule has 0 spiro atoms. The number of ether oxygens (including phenoxy) is 4. The van der Waals surface area contributed by atoms with Crippen molar-refractivity contribution in [1.82, 2.24) is 19.9 Å². The maximum absolute atomic E-state index is 6.08. The second-order valence-corrected chi connectivity index (χ2v) is 23.6. The van der Waals surface area contributed by atoms with Crippen LogP contribution in [-0.2, 0) is 0 Å². The Kier molecular flexibility index (Phi) is 13.7. The zero-order valence-electron chi connectivity index (χ0n) is 50.0. The molecular weight excluding hydrogens is 1030 g/mol. The van der Waals surface area contributed by atoms with Gasteiger partial charge in [-0.1, -0.05) is 152 Å². The van der Waals surface area contributed by atoms with Crippen molar-refractivity contribution < 1.29 is 18.9 Å². The third-order valence-electron chi connectivity index (χ3n) is 17.4. The van der Waals surface area contributed by atoms with E-state index in [4.69, 9.17) is 28.9 Å². The number of fused-ring (bicyclic) bond motifs is 17. The summed E-state index contributed by atoms with van der Waals surface area (Å²) < 4.78 is 24.2. The quantitative estimate of drug-likeness (QED) is 0.118. The van der Waals surface area contributed by atoms with Gasteiger partial charge in [-0.2, -0.15) is 0 Å². The summed E-state index contributed by atoms with van der Waals surface area (Å²) in [5.74, 6) is 3.98. The Balaban J connectivity index is 1.29. The highest BCUT2D eigenvalue weighted by Crippen LogP contribution is 2.49. The molecule has 8 bridgehead atoms. The Morgan fingerprint density at radius 2 is 0.536 bits per heavy atom. The number of nitrogens with one attached hydrogen (secondary N) is 2. The van der Waals surface area contributed by atoms with Gasteiger partial charge < -0.3 is 28.9 Å². The maximum atomic E-state index is 6.08. The largest absolute Gasteiger partial charge is 0.493 e. The van der Waals surface area contributed by atoms with Crippen molar-refractivity contribution in [2.45, 2.75) is 79.1 Å². The van der Waals surface area contributed by atoms with Gasteiger partial charge in [-0.15, -0.1) is 0 Å². The van der Waals surface area contributed by atoms with Crippen molar-refractivity contribution in [3.8, 4) is 67.5 Å². The number of aromatic amines is 2. The van der Waals surface area contributed by atoms with E-state index in [1.54, 1.807) is 28.4 Å². The standard InChI is InChI=1S/C76H70N4O4/c1-41(2)45-13-21-49(22-14-45)71-61-29-30-62(77-61)72(50-23-15-46(16-24-50)42(3)4)64-32-34-66(79-64)74(52-27-19-48(20-28-52)44(7)8)76-60-36-54-53(55-37-67(81-9)69(83-11)39-57(55)58-40-70(84-12)68(82-10)38-56(54)58)35-59(60)75(80-76)73(65-33-31-63(71)78-65)51-25-17-47(18-26-51)43(5)6/h13-44,77,80H,1-12H3. The number of benzene rings is 8. The van der Waals surface area contributed by atoms with Crippen LogP contribution in [0, 0.1) is 0 Å². The molecule has 5 heterocycles. The fraction of sp³-hybridized carbons (Fsp3) is 0.211. The molecule has 2 aliphatic rings. The van der Waals surface area contributed by atoms with Crippen LogP contribution < -0.4 is 18.9 Å². The molecule has 2 aliphatic heterocycles. The van der Waals surface area contributed by atoms with Crippen molar-refractivity contribution in [3.05, 3.63) is 191 Å². The van der Waals surface area contributed by atoms with Crippen LogP contribution in [0.2, 0.25) is 0 Å². The fourth-order valence-electron chi connectivity index (χ4n) is 12.6. The average molecular weight is 1100 g/mol. The van der Waals surface area contributed by atoms with Gasteiger partial charge in [0.15, 0.2) is 23.0 Å². The lowest BCUT2D eigenvalue weighted by molar-refractivity contribution is 0.355. The van der Waals surface area contributed by atoms with Gasteiger partial charge in [0.25, 0.3) is 0 Å². The van der Waals surface area contributed by atoms with Crippen molar-refractivity contribution >= 4 is 89.5 Å². The molecule has 0 saturated carbocycles. The average Bonchev–Trinajstić information content (AvgIpc) is 1.65. The molecule has 0 amide bonds.